The summed E-state index contributed by atoms with van der Waals surface area (Å²) in [6.07, 6.45) is 0. The van der Waals surface area contributed by atoms with Crippen LogP contribution in [-0.2, 0) is 10.5 Å². The fourth-order valence-corrected chi connectivity index (χ4v) is 1.52. The Morgan fingerprint density at radius 2 is 1.71 bits per heavy atom. The van der Waals surface area contributed by atoms with Gasteiger partial charge in [0.25, 0.3) is 0 Å². The van der Waals surface area contributed by atoms with Gasteiger partial charge in [0.15, 0.2) is 0 Å². The summed E-state index contributed by atoms with van der Waals surface area (Å²) in [5.74, 6) is 0.0376. The molecule has 0 radical (unpaired) electrons. The zero-order valence-corrected chi connectivity index (χ0v) is 8.98. The summed E-state index contributed by atoms with van der Waals surface area (Å²) in [6.45, 7) is 5.39. The zero-order valence-electron chi connectivity index (χ0n) is 8.17. The van der Waals surface area contributed by atoms with E-state index in [1.807, 2.05) is 13.8 Å². The molecule has 1 aromatic rings. The first-order chi connectivity index (χ1) is 6.31. The Labute approximate surface area is 82.9 Å². The molecule has 14 heavy (non-hydrogen) atoms. The van der Waals surface area contributed by atoms with Crippen molar-refractivity contribution in [2.24, 2.45) is 0 Å². The third kappa shape index (κ3) is 2.45. The Kier molecular flexibility index (Phi) is 2.80. The number of rotatable bonds is 2. The van der Waals surface area contributed by atoms with Gasteiger partial charge in [-0.2, -0.15) is 8.42 Å². The highest BCUT2D eigenvalue weighted by atomic mass is 32.3. The van der Waals surface area contributed by atoms with Crippen LogP contribution in [0.5, 0.6) is 5.75 Å². The third-order valence-corrected chi connectivity index (χ3v) is 2.58. The first-order valence-corrected chi connectivity index (χ1v) is 5.33. The number of hydrogen-bond acceptors (Lipinski definition) is 3. The van der Waals surface area contributed by atoms with Crippen molar-refractivity contribution in [3.05, 3.63) is 28.8 Å². The predicted octanol–water partition coefficient (Wildman–Crippen LogP) is 2.20. The minimum Gasteiger partial charge on any atom is -0.358 e. The second-order valence-electron chi connectivity index (χ2n) is 3.11. The van der Waals surface area contributed by atoms with Crippen molar-refractivity contribution in [2.45, 2.75) is 20.8 Å². The molecule has 0 aliphatic rings. The molecule has 0 atom stereocenters. The van der Waals surface area contributed by atoms with Gasteiger partial charge in [0.2, 0.25) is 0 Å². The number of aryl methyl sites for hydroxylation is 1. The molecule has 3 nitrogen and oxygen atoms in total. The largest absolute Gasteiger partial charge is 0.488 e. The van der Waals surface area contributed by atoms with Crippen LogP contribution in [0.15, 0.2) is 12.1 Å². The van der Waals surface area contributed by atoms with Crippen LogP contribution < -0.4 is 4.18 Å². The monoisotopic (exact) mass is 218 g/mol. The maximum Gasteiger partial charge on any atom is 0.488 e. The highest BCUT2D eigenvalue weighted by molar-refractivity contribution is 7.81. The molecule has 0 fully saturated rings. The van der Waals surface area contributed by atoms with Gasteiger partial charge < -0.3 is 4.18 Å². The van der Waals surface area contributed by atoms with E-state index in [4.69, 9.17) is 0 Å². The fourth-order valence-electron chi connectivity index (χ4n) is 1.13. The first kappa shape index (κ1) is 11.0. The van der Waals surface area contributed by atoms with Gasteiger partial charge >= 0.3 is 10.5 Å². The van der Waals surface area contributed by atoms with Crippen LogP contribution in [0.25, 0.3) is 0 Å². The molecule has 0 aliphatic carbocycles. The molecule has 5 heteroatoms. The molecule has 0 aromatic heterocycles. The van der Waals surface area contributed by atoms with E-state index in [9.17, 15) is 12.3 Å². The lowest BCUT2D eigenvalue weighted by Gasteiger charge is -2.08. The van der Waals surface area contributed by atoms with Crippen molar-refractivity contribution < 1.29 is 16.5 Å². The molecular formula is C9H11FO3S. The van der Waals surface area contributed by atoms with Crippen molar-refractivity contribution >= 4 is 10.5 Å². The minimum atomic E-state index is -4.93. The average Bonchev–Trinajstić information content (AvgIpc) is 2.04. The summed E-state index contributed by atoms with van der Waals surface area (Å²) in [4.78, 5) is 0. The molecule has 78 valence electrons. The average molecular weight is 218 g/mol. The molecule has 0 heterocycles. The van der Waals surface area contributed by atoms with E-state index in [0.717, 1.165) is 11.1 Å². The summed E-state index contributed by atoms with van der Waals surface area (Å²) in [5, 5.41) is 0. The Morgan fingerprint density at radius 1 is 1.14 bits per heavy atom. The number of halogens is 1. The van der Waals surface area contributed by atoms with Crippen LogP contribution in [-0.4, -0.2) is 8.42 Å². The maximum absolute atomic E-state index is 12.2. The standard InChI is InChI=1S/C9H11FO3S/c1-6-4-5-9(8(3)7(6)2)13-14(10,11)12/h4-5H,1-3H3. The minimum absolute atomic E-state index is 0.0376. The van der Waals surface area contributed by atoms with E-state index in [1.54, 1.807) is 13.0 Å². The lowest BCUT2D eigenvalue weighted by atomic mass is 10.0. The Balaban J connectivity index is 3.19. The Bertz CT molecular complexity index is 451. The van der Waals surface area contributed by atoms with E-state index in [-0.39, 0.29) is 5.75 Å². The molecule has 0 unspecified atom stereocenters. The topological polar surface area (TPSA) is 43.4 Å². The molecule has 1 aromatic carbocycles. The molecule has 0 aliphatic heterocycles. The van der Waals surface area contributed by atoms with Crippen LogP contribution >= 0.6 is 0 Å². The Morgan fingerprint density at radius 3 is 2.21 bits per heavy atom. The second-order valence-corrected chi connectivity index (χ2v) is 4.06. The van der Waals surface area contributed by atoms with Crippen LogP contribution in [0, 0.1) is 20.8 Å². The lowest BCUT2D eigenvalue weighted by Crippen LogP contribution is -2.03. The summed E-state index contributed by atoms with van der Waals surface area (Å²) in [7, 11) is -4.93. The third-order valence-electron chi connectivity index (χ3n) is 2.20. The molecule has 0 N–H and O–H groups in total. The normalized spacial score (nSPS) is 11.4. The highest BCUT2D eigenvalue weighted by Gasteiger charge is 2.13. The van der Waals surface area contributed by atoms with Gasteiger partial charge in [-0.05, 0) is 43.5 Å². The maximum atomic E-state index is 12.2. The summed E-state index contributed by atoms with van der Waals surface area (Å²) in [6, 6.07) is 3.12. The van der Waals surface area contributed by atoms with Crippen molar-refractivity contribution in [3.8, 4) is 5.75 Å². The van der Waals surface area contributed by atoms with Gasteiger partial charge in [0.05, 0.1) is 0 Å². The highest BCUT2D eigenvalue weighted by Crippen LogP contribution is 2.25. The first-order valence-electron chi connectivity index (χ1n) is 4.02. The van der Waals surface area contributed by atoms with Crippen molar-refractivity contribution in [1.82, 2.24) is 0 Å². The summed E-state index contributed by atoms with van der Waals surface area (Å²) >= 11 is 0. The van der Waals surface area contributed by atoms with Crippen molar-refractivity contribution in [2.75, 3.05) is 0 Å². The lowest BCUT2D eigenvalue weighted by molar-refractivity contribution is 0.438. The van der Waals surface area contributed by atoms with Gasteiger partial charge in [0.1, 0.15) is 5.75 Å². The molecular weight excluding hydrogens is 207 g/mol. The summed E-state index contributed by atoms with van der Waals surface area (Å²) in [5.41, 5.74) is 2.53. The molecule has 0 amide bonds. The quantitative estimate of drug-likeness (QED) is 0.715. The van der Waals surface area contributed by atoms with Gasteiger partial charge in [-0.25, -0.2) is 0 Å². The van der Waals surface area contributed by atoms with Gasteiger partial charge in [0, 0.05) is 0 Å². The van der Waals surface area contributed by atoms with Gasteiger partial charge in [-0.15, -0.1) is 0 Å². The second kappa shape index (κ2) is 3.57. The number of hydrogen-bond donors (Lipinski definition) is 0. The number of benzene rings is 1. The van der Waals surface area contributed by atoms with E-state index >= 15 is 0 Å². The van der Waals surface area contributed by atoms with E-state index in [0.29, 0.717) is 5.56 Å². The van der Waals surface area contributed by atoms with E-state index in [1.165, 1.54) is 6.07 Å². The van der Waals surface area contributed by atoms with E-state index < -0.39 is 10.5 Å². The summed E-state index contributed by atoms with van der Waals surface area (Å²) < 4.78 is 36.9. The molecule has 0 saturated heterocycles. The SMILES string of the molecule is Cc1ccc(OS(=O)(=O)F)c(C)c1C. The fraction of sp³-hybridized carbons (Fsp3) is 0.333. The van der Waals surface area contributed by atoms with Gasteiger partial charge in [-0.3, -0.25) is 0 Å². The smallest absolute Gasteiger partial charge is 0.358 e. The van der Waals surface area contributed by atoms with Gasteiger partial charge in [-0.1, -0.05) is 9.95 Å². The van der Waals surface area contributed by atoms with Crippen molar-refractivity contribution in [1.29, 1.82) is 0 Å². The Hall–Kier alpha value is -1.10. The van der Waals surface area contributed by atoms with Crippen LogP contribution in [0.2, 0.25) is 0 Å². The predicted molar refractivity (Wildman–Crippen MR) is 51.3 cm³/mol. The molecule has 1 rings (SSSR count). The van der Waals surface area contributed by atoms with Crippen LogP contribution in [0.4, 0.5) is 3.89 Å². The van der Waals surface area contributed by atoms with Crippen LogP contribution in [0.3, 0.4) is 0 Å². The molecule has 0 spiro atoms. The molecule has 0 saturated carbocycles. The van der Waals surface area contributed by atoms with E-state index in [2.05, 4.69) is 4.18 Å². The molecule has 0 bridgehead atoms. The zero-order chi connectivity index (χ0) is 10.9. The van der Waals surface area contributed by atoms with Crippen molar-refractivity contribution in [3.63, 3.8) is 0 Å². The van der Waals surface area contributed by atoms with Crippen LogP contribution in [0.1, 0.15) is 16.7 Å².